The van der Waals surface area contributed by atoms with E-state index in [0.717, 1.165) is 32.6 Å². The summed E-state index contributed by atoms with van der Waals surface area (Å²) in [5.74, 6) is 1.16. The molecule has 0 spiro atoms. The van der Waals surface area contributed by atoms with Gasteiger partial charge in [-0.25, -0.2) is 0 Å². The summed E-state index contributed by atoms with van der Waals surface area (Å²) in [6.45, 7) is 9.58. The molecule has 0 radical (unpaired) electrons. The zero-order chi connectivity index (χ0) is 15.5. The van der Waals surface area contributed by atoms with Crippen molar-refractivity contribution in [3.63, 3.8) is 0 Å². The molecule has 0 unspecified atom stereocenters. The second-order valence-electron chi connectivity index (χ2n) is 5.74. The Labute approximate surface area is 130 Å². The van der Waals surface area contributed by atoms with Crippen molar-refractivity contribution in [2.45, 2.75) is 45.9 Å². The minimum absolute atomic E-state index is 0.138. The first kappa shape index (κ1) is 15.2. The number of ether oxygens (including phenoxy) is 1. The second-order valence-corrected chi connectivity index (χ2v) is 5.74. The Balaban J connectivity index is 1.61. The molecule has 0 saturated carbocycles. The van der Waals surface area contributed by atoms with Crippen LogP contribution in [0.2, 0.25) is 0 Å². The molecule has 0 amide bonds. The zero-order valence-corrected chi connectivity index (χ0v) is 13.4. The maximum absolute atomic E-state index is 5.94. The Morgan fingerprint density at radius 1 is 1.32 bits per heavy atom. The van der Waals surface area contributed by atoms with Crippen molar-refractivity contribution < 1.29 is 9.15 Å². The largest absolute Gasteiger partial charge is 0.423 e. The van der Waals surface area contributed by atoms with Gasteiger partial charge < -0.3 is 9.15 Å². The van der Waals surface area contributed by atoms with E-state index in [2.05, 4.69) is 40.1 Å². The second kappa shape index (κ2) is 6.58. The van der Waals surface area contributed by atoms with E-state index in [-0.39, 0.29) is 12.2 Å². The summed E-state index contributed by atoms with van der Waals surface area (Å²) in [4.78, 5) is 2.39. The molecule has 0 aromatic carbocycles. The summed E-state index contributed by atoms with van der Waals surface area (Å²) in [5, 5.41) is 12.3. The van der Waals surface area contributed by atoms with E-state index in [1.54, 1.807) is 6.92 Å². The van der Waals surface area contributed by atoms with Crippen LogP contribution in [0.1, 0.15) is 37.4 Å². The number of hydrogen-bond donors (Lipinski definition) is 0. The first-order valence-corrected chi connectivity index (χ1v) is 7.84. The van der Waals surface area contributed by atoms with Crippen LogP contribution >= 0.6 is 0 Å². The Morgan fingerprint density at radius 2 is 2.18 bits per heavy atom. The molecule has 3 heterocycles. The van der Waals surface area contributed by atoms with Gasteiger partial charge in [-0.2, -0.15) is 5.10 Å². The molecule has 2 aromatic rings. The standard InChI is InChI=1S/C15H23N5O2/c1-4-20-13(5-7-16-20)6-8-19-9-11(2)21-14(10-19)15-18-17-12(3)22-15/h5,7,11,14H,4,6,8-10H2,1-3H3/t11-,14-/m1/s1. The lowest BCUT2D eigenvalue weighted by Crippen LogP contribution is -2.43. The van der Waals surface area contributed by atoms with Crippen molar-refractivity contribution in [1.29, 1.82) is 0 Å². The van der Waals surface area contributed by atoms with Gasteiger partial charge in [0, 0.05) is 51.4 Å². The fraction of sp³-hybridized carbons (Fsp3) is 0.667. The molecule has 2 aromatic heterocycles. The van der Waals surface area contributed by atoms with Crippen molar-refractivity contribution in [2.75, 3.05) is 19.6 Å². The maximum Gasteiger partial charge on any atom is 0.246 e. The Bertz CT molecular complexity index is 609. The van der Waals surface area contributed by atoms with E-state index in [9.17, 15) is 0 Å². The van der Waals surface area contributed by atoms with Gasteiger partial charge in [0.2, 0.25) is 11.8 Å². The fourth-order valence-corrected chi connectivity index (χ4v) is 2.93. The molecular weight excluding hydrogens is 282 g/mol. The number of aromatic nitrogens is 4. The van der Waals surface area contributed by atoms with Gasteiger partial charge in [0.25, 0.3) is 0 Å². The van der Waals surface area contributed by atoms with Crippen LogP contribution in [0.15, 0.2) is 16.7 Å². The minimum atomic E-state index is -0.138. The molecule has 1 saturated heterocycles. The van der Waals surface area contributed by atoms with Crippen molar-refractivity contribution in [3.05, 3.63) is 29.7 Å². The van der Waals surface area contributed by atoms with Crippen LogP contribution in [0.5, 0.6) is 0 Å². The number of nitrogens with zero attached hydrogens (tertiary/aromatic N) is 5. The maximum atomic E-state index is 5.94. The van der Waals surface area contributed by atoms with Crippen LogP contribution in [0.3, 0.4) is 0 Å². The van der Waals surface area contributed by atoms with E-state index in [1.165, 1.54) is 5.69 Å². The van der Waals surface area contributed by atoms with Crippen LogP contribution in [0, 0.1) is 6.92 Å². The van der Waals surface area contributed by atoms with Gasteiger partial charge in [-0.05, 0) is 19.9 Å². The first-order valence-electron chi connectivity index (χ1n) is 7.84. The molecule has 0 aliphatic carbocycles. The molecule has 3 rings (SSSR count). The smallest absolute Gasteiger partial charge is 0.246 e. The quantitative estimate of drug-likeness (QED) is 0.835. The Kier molecular flexibility index (Phi) is 4.54. The average Bonchev–Trinajstić information content (AvgIpc) is 3.13. The van der Waals surface area contributed by atoms with Gasteiger partial charge in [0.15, 0.2) is 0 Å². The van der Waals surface area contributed by atoms with Gasteiger partial charge >= 0.3 is 0 Å². The van der Waals surface area contributed by atoms with E-state index in [1.807, 2.05) is 10.9 Å². The van der Waals surface area contributed by atoms with E-state index in [4.69, 9.17) is 9.15 Å². The zero-order valence-electron chi connectivity index (χ0n) is 13.4. The molecule has 2 atom stereocenters. The van der Waals surface area contributed by atoms with E-state index in [0.29, 0.717) is 11.8 Å². The van der Waals surface area contributed by atoms with Gasteiger partial charge in [0.1, 0.15) is 6.10 Å². The lowest BCUT2D eigenvalue weighted by atomic mass is 10.2. The minimum Gasteiger partial charge on any atom is -0.423 e. The molecular formula is C15H23N5O2. The van der Waals surface area contributed by atoms with Crippen molar-refractivity contribution in [1.82, 2.24) is 24.9 Å². The van der Waals surface area contributed by atoms with Gasteiger partial charge in [-0.15, -0.1) is 10.2 Å². The molecule has 0 N–H and O–H groups in total. The summed E-state index contributed by atoms with van der Waals surface area (Å²) in [5.41, 5.74) is 1.27. The molecule has 0 bridgehead atoms. The van der Waals surface area contributed by atoms with Gasteiger partial charge in [-0.1, -0.05) is 0 Å². The summed E-state index contributed by atoms with van der Waals surface area (Å²) in [6, 6.07) is 2.09. The highest BCUT2D eigenvalue weighted by molar-refractivity contribution is 5.01. The van der Waals surface area contributed by atoms with Crippen molar-refractivity contribution >= 4 is 0 Å². The number of hydrogen-bond acceptors (Lipinski definition) is 6. The Morgan fingerprint density at radius 3 is 2.91 bits per heavy atom. The number of aryl methyl sites for hydroxylation is 2. The highest BCUT2D eigenvalue weighted by atomic mass is 16.5. The highest BCUT2D eigenvalue weighted by Gasteiger charge is 2.29. The summed E-state index contributed by atoms with van der Waals surface area (Å²) < 4.78 is 13.5. The third-order valence-corrected chi connectivity index (χ3v) is 3.94. The molecule has 1 aliphatic heterocycles. The van der Waals surface area contributed by atoms with Crippen LogP contribution in [0.4, 0.5) is 0 Å². The Hall–Kier alpha value is -1.73. The highest BCUT2D eigenvalue weighted by Crippen LogP contribution is 2.24. The lowest BCUT2D eigenvalue weighted by Gasteiger charge is -2.35. The molecule has 7 heteroatoms. The fourth-order valence-electron chi connectivity index (χ4n) is 2.93. The monoisotopic (exact) mass is 305 g/mol. The molecule has 22 heavy (non-hydrogen) atoms. The average molecular weight is 305 g/mol. The lowest BCUT2D eigenvalue weighted by molar-refractivity contribution is -0.0891. The summed E-state index contributed by atoms with van der Waals surface area (Å²) in [7, 11) is 0. The van der Waals surface area contributed by atoms with Crippen LogP contribution in [-0.4, -0.2) is 50.6 Å². The number of rotatable bonds is 5. The van der Waals surface area contributed by atoms with Crippen molar-refractivity contribution in [3.8, 4) is 0 Å². The van der Waals surface area contributed by atoms with Crippen LogP contribution < -0.4 is 0 Å². The van der Waals surface area contributed by atoms with E-state index < -0.39 is 0 Å². The first-order chi connectivity index (χ1) is 10.7. The topological polar surface area (TPSA) is 69.2 Å². The molecule has 1 aliphatic rings. The normalized spacial score (nSPS) is 23.0. The number of morpholine rings is 1. The third kappa shape index (κ3) is 3.36. The summed E-state index contributed by atoms with van der Waals surface area (Å²) in [6.07, 6.45) is 2.86. The van der Waals surface area contributed by atoms with E-state index >= 15 is 0 Å². The van der Waals surface area contributed by atoms with Crippen LogP contribution in [0.25, 0.3) is 0 Å². The molecule has 7 nitrogen and oxygen atoms in total. The third-order valence-electron chi connectivity index (χ3n) is 3.94. The predicted octanol–water partition coefficient (Wildman–Crippen LogP) is 1.60. The molecule has 1 fully saturated rings. The van der Waals surface area contributed by atoms with Crippen molar-refractivity contribution in [2.24, 2.45) is 0 Å². The molecule has 120 valence electrons. The predicted molar refractivity (Wildman–Crippen MR) is 80.4 cm³/mol. The SMILES string of the molecule is CCn1nccc1CCN1C[C@@H](C)O[C@@H](c2nnc(C)o2)C1. The summed E-state index contributed by atoms with van der Waals surface area (Å²) >= 11 is 0. The van der Waals surface area contributed by atoms with Gasteiger partial charge in [0.05, 0.1) is 6.10 Å². The van der Waals surface area contributed by atoms with Crippen LogP contribution in [-0.2, 0) is 17.7 Å². The van der Waals surface area contributed by atoms with Gasteiger partial charge in [-0.3, -0.25) is 9.58 Å².